The van der Waals surface area contributed by atoms with E-state index in [9.17, 15) is 18.4 Å². The molecule has 2 rings (SSSR count). The number of hydrogen-bond donors (Lipinski definition) is 2. The molecule has 0 aromatic heterocycles. The summed E-state index contributed by atoms with van der Waals surface area (Å²) in [5, 5.41) is 4.27. The summed E-state index contributed by atoms with van der Waals surface area (Å²) in [6.45, 7) is 0. The van der Waals surface area contributed by atoms with E-state index < -0.39 is 29.1 Å². The van der Waals surface area contributed by atoms with Crippen LogP contribution >= 0.6 is 34.8 Å². The Bertz CT molecular complexity index is 780. The maximum atomic E-state index is 13.5. The van der Waals surface area contributed by atoms with Gasteiger partial charge in [-0.2, -0.15) is 0 Å². The van der Waals surface area contributed by atoms with Gasteiger partial charge in [0, 0.05) is 5.02 Å². The van der Waals surface area contributed by atoms with Gasteiger partial charge in [-0.05, 0) is 24.3 Å². The highest BCUT2D eigenvalue weighted by Gasteiger charge is 2.20. The number of hydrogen-bond acceptors (Lipinski definition) is 2. The van der Waals surface area contributed by atoms with Crippen molar-refractivity contribution in [2.24, 2.45) is 0 Å². The summed E-state index contributed by atoms with van der Waals surface area (Å²) in [5.74, 6) is -3.44. The minimum absolute atomic E-state index is 0.00395. The van der Waals surface area contributed by atoms with Crippen LogP contribution in [0.3, 0.4) is 0 Å². The number of urea groups is 1. The molecule has 23 heavy (non-hydrogen) atoms. The summed E-state index contributed by atoms with van der Waals surface area (Å²) in [6.07, 6.45) is 0. The molecule has 0 aliphatic rings. The van der Waals surface area contributed by atoms with Gasteiger partial charge >= 0.3 is 6.03 Å². The van der Waals surface area contributed by atoms with Crippen LogP contribution in [0.25, 0.3) is 0 Å². The topological polar surface area (TPSA) is 58.2 Å². The van der Waals surface area contributed by atoms with Gasteiger partial charge in [-0.25, -0.2) is 13.6 Å². The van der Waals surface area contributed by atoms with Crippen molar-refractivity contribution in [2.75, 3.05) is 5.32 Å². The second kappa shape index (κ2) is 7.12. The Morgan fingerprint density at radius 2 is 1.61 bits per heavy atom. The van der Waals surface area contributed by atoms with Crippen LogP contribution in [-0.4, -0.2) is 11.9 Å². The van der Waals surface area contributed by atoms with E-state index in [-0.39, 0.29) is 20.8 Å². The minimum Gasteiger partial charge on any atom is -0.306 e. The molecule has 0 bridgehead atoms. The van der Waals surface area contributed by atoms with Crippen LogP contribution in [0.5, 0.6) is 0 Å². The summed E-state index contributed by atoms with van der Waals surface area (Å²) in [5.41, 5.74) is -0.846. The lowest BCUT2D eigenvalue weighted by Gasteiger charge is -2.10. The molecule has 0 spiro atoms. The lowest BCUT2D eigenvalue weighted by Crippen LogP contribution is -2.35. The number of imide groups is 1. The van der Waals surface area contributed by atoms with Gasteiger partial charge in [0.05, 0.1) is 15.7 Å². The fourth-order valence-electron chi connectivity index (χ4n) is 1.68. The predicted molar refractivity (Wildman–Crippen MR) is 84.3 cm³/mol. The van der Waals surface area contributed by atoms with Gasteiger partial charge in [-0.1, -0.05) is 40.9 Å². The van der Waals surface area contributed by atoms with Crippen LogP contribution in [0.15, 0.2) is 30.3 Å². The van der Waals surface area contributed by atoms with Crippen LogP contribution in [0.4, 0.5) is 19.3 Å². The van der Waals surface area contributed by atoms with E-state index >= 15 is 0 Å². The van der Waals surface area contributed by atoms with Gasteiger partial charge in [-0.15, -0.1) is 0 Å². The lowest BCUT2D eigenvalue weighted by atomic mass is 10.2. The number of halogens is 5. The van der Waals surface area contributed by atoms with Crippen molar-refractivity contribution >= 4 is 52.4 Å². The van der Waals surface area contributed by atoms with Crippen molar-refractivity contribution in [3.05, 3.63) is 62.6 Å². The third-order valence-corrected chi connectivity index (χ3v) is 3.68. The molecule has 120 valence electrons. The van der Waals surface area contributed by atoms with Gasteiger partial charge in [0.2, 0.25) is 0 Å². The van der Waals surface area contributed by atoms with Gasteiger partial charge in [0.15, 0.2) is 0 Å². The zero-order chi connectivity index (χ0) is 17.1. The molecule has 3 amide bonds. The predicted octanol–water partition coefficient (Wildman–Crippen LogP) is 4.89. The summed E-state index contributed by atoms with van der Waals surface area (Å²) < 4.78 is 26.9. The van der Waals surface area contributed by atoms with E-state index in [1.54, 1.807) is 5.32 Å². The highest BCUT2D eigenvalue weighted by atomic mass is 35.5. The fraction of sp³-hybridized carbons (Fsp3) is 0. The first-order valence-electron chi connectivity index (χ1n) is 6.00. The summed E-state index contributed by atoms with van der Waals surface area (Å²) >= 11 is 17.4. The molecule has 0 saturated heterocycles. The van der Waals surface area contributed by atoms with Crippen LogP contribution in [0.2, 0.25) is 15.1 Å². The van der Waals surface area contributed by atoms with Crippen molar-refractivity contribution in [1.29, 1.82) is 0 Å². The van der Waals surface area contributed by atoms with Crippen molar-refractivity contribution in [1.82, 2.24) is 5.32 Å². The van der Waals surface area contributed by atoms with Crippen molar-refractivity contribution < 1.29 is 18.4 Å². The molecule has 0 fully saturated rings. The highest BCUT2D eigenvalue weighted by molar-refractivity contribution is 6.45. The Morgan fingerprint density at radius 1 is 1.00 bits per heavy atom. The zero-order valence-electron chi connectivity index (χ0n) is 11.1. The molecule has 2 N–H and O–H groups in total. The molecule has 0 aliphatic carbocycles. The van der Waals surface area contributed by atoms with Gasteiger partial charge < -0.3 is 5.32 Å². The number of carbonyl (C=O) groups excluding carboxylic acids is 2. The van der Waals surface area contributed by atoms with E-state index in [0.29, 0.717) is 0 Å². The smallest absolute Gasteiger partial charge is 0.306 e. The molecule has 4 nitrogen and oxygen atoms in total. The SMILES string of the molecule is O=C(NC(=O)c1c(F)cccc1F)Nc1cc(Cl)cc(Cl)c1Cl. The molecule has 0 unspecified atom stereocenters. The van der Waals surface area contributed by atoms with Gasteiger partial charge in [-0.3, -0.25) is 10.1 Å². The average Bonchev–Trinajstić information content (AvgIpc) is 2.43. The largest absolute Gasteiger partial charge is 0.326 e. The van der Waals surface area contributed by atoms with E-state index in [1.807, 2.05) is 0 Å². The molecular formula is C14H7Cl3F2N2O2. The Morgan fingerprint density at radius 3 is 2.22 bits per heavy atom. The Labute approximate surface area is 144 Å². The molecular weight excluding hydrogens is 373 g/mol. The number of benzene rings is 2. The van der Waals surface area contributed by atoms with E-state index in [4.69, 9.17) is 34.8 Å². The number of rotatable bonds is 2. The fourth-order valence-corrected chi connectivity index (χ4v) is 2.33. The van der Waals surface area contributed by atoms with Crippen LogP contribution in [0, 0.1) is 11.6 Å². The quantitative estimate of drug-likeness (QED) is 0.730. The summed E-state index contributed by atoms with van der Waals surface area (Å²) in [7, 11) is 0. The zero-order valence-corrected chi connectivity index (χ0v) is 13.4. The van der Waals surface area contributed by atoms with E-state index in [0.717, 1.165) is 18.2 Å². The van der Waals surface area contributed by atoms with Crippen LogP contribution in [0.1, 0.15) is 10.4 Å². The third-order valence-electron chi connectivity index (χ3n) is 2.66. The maximum Gasteiger partial charge on any atom is 0.326 e. The van der Waals surface area contributed by atoms with Crippen molar-refractivity contribution in [3.8, 4) is 0 Å². The lowest BCUT2D eigenvalue weighted by molar-refractivity contribution is 0.0959. The van der Waals surface area contributed by atoms with Crippen LogP contribution in [-0.2, 0) is 0 Å². The first kappa shape index (κ1) is 17.5. The molecule has 2 aromatic rings. The average molecular weight is 380 g/mol. The number of anilines is 1. The molecule has 0 aliphatic heterocycles. The normalized spacial score (nSPS) is 10.3. The van der Waals surface area contributed by atoms with Crippen molar-refractivity contribution in [3.63, 3.8) is 0 Å². The Hall–Kier alpha value is -1.89. The molecule has 0 heterocycles. The monoisotopic (exact) mass is 378 g/mol. The maximum absolute atomic E-state index is 13.5. The standard InChI is InChI=1S/C14H7Cl3F2N2O2/c15-6-4-7(16)12(17)10(5-6)20-14(23)21-13(22)11-8(18)2-1-3-9(11)19/h1-5H,(H2,20,21,22,23). The number of carbonyl (C=O) groups is 2. The number of nitrogens with one attached hydrogen (secondary N) is 2. The Balaban J connectivity index is 2.16. The number of amides is 3. The second-order valence-electron chi connectivity index (χ2n) is 4.25. The minimum atomic E-state index is -1.25. The van der Waals surface area contributed by atoms with Gasteiger partial charge in [0.25, 0.3) is 5.91 Å². The van der Waals surface area contributed by atoms with Gasteiger partial charge in [0.1, 0.15) is 17.2 Å². The van der Waals surface area contributed by atoms with Crippen molar-refractivity contribution in [2.45, 2.75) is 0 Å². The summed E-state index contributed by atoms with van der Waals surface area (Å²) in [4.78, 5) is 23.5. The molecule has 9 heteroatoms. The first-order valence-corrected chi connectivity index (χ1v) is 7.14. The second-order valence-corrected chi connectivity index (χ2v) is 5.48. The Kier molecular flexibility index (Phi) is 5.41. The molecule has 0 saturated carbocycles. The first-order chi connectivity index (χ1) is 10.8. The molecule has 0 atom stereocenters. The van der Waals surface area contributed by atoms with E-state index in [1.165, 1.54) is 12.1 Å². The highest BCUT2D eigenvalue weighted by Crippen LogP contribution is 2.33. The molecule has 0 radical (unpaired) electrons. The third kappa shape index (κ3) is 4.10. The van der Waals surface area contributed by atoms with Crippen LogP contribution < -0.4 is 10.6 Å². The molecule has 2 aromatic carbocycles. The summed E-state index contributed by atoms with van der Waals surface area (Å²) in [6, 6.07) is 4.47. The van der Waals surface area contributed by atoms with E-state index in [2.05, 4.69) is 5.32 Å².